The van der Waals surface area contributed by atoms with Crippen molar-refractivity contribution >= 4 is 23.2 Å². The molecular weight excluding hydrogens is 380 g/mol. The molecule has 0 aromatic heterocycles. The summed E-state index contributed by atoms with van der Waals surface area (Å²) < 4.78 is 10.8. The molecule has 0 aliphatic heterocycles. The molecular formula is C24H28N2O4. The first-order valence-corrected chi connectivity index (χ1v) is 9.88. The fourth-order valence-electron chi connectivity index (χ4n) is 2.60. The molecule has 6 heteroatoms. The molecule has 0 aliphatic carbocycles. The van der Waals surface area contributed by atoms with E-state index < -0.39 is 0 Å². The van der Waals surface area contributed by atoms with Crippen LogP contribution >= 0.6 is 0 Å². The second-order valence-electron chi connectivity index (χ2n) is 6.55. The van der Waals surface area contributed by atoms with Crippen molar-refractivity contribution in [3.63, 3.8) is 0 Å². The largest absolute Gasteiger partial charge is 0.490 e. The summed E-state index contributed by atoms with van der Waals surface area (Å²) in [6.07, 6.45) is 5.33. The molecule has 0 spiro atoms. The molecule has 30 heavy (non-hydrogen) atoms. The Kier molecular flexibility index (Phi) is 9.73. The summed E-state index contributed by atoms with van der Waals surface area (Å²) in [6.45, 7) is 8.07. The molecule has 2 N–H and O–H groups in total. The summed E-state index contributed by atoms with van der Waals surface area (Å²) >= 11 is 0. The normalized spacial score (nSPS) is 10.0. The molecule has 0 unspecified atom stereocenters. The molecule has 2 aromatic carbocycles. The minimum absolute atomic E-state index is 0.0784. The molecule has 0 atom stereocenters. The number of rotatable bonds is 13. The molecule has 2 aromatic rings. The fourth-order valence-corrected chi connectivity index (χ4v) is 2.60. The Labute approximate surface area is 177 Å². The van der Waals surface area contributed by atoms with Gasteiger partial charge < -0.3 is 20.1 Å². The minimum Gasteiger partial charge on any atom is -0.490 e. The van der Waals surface area contributed by atoms with Crippen LogP contribution in [0.1, 0.15) is 25.7 Å². The number of amides is 2. The van der Waals surface area contributed by atoms with Gasteiger partial charge in [0.2, 0.25) is 11.8 Å². The van der Waals surface area contributed by atoms with Crippen LogP contribution in [-0.2, 0) is 9.59 Å². The smallest absolute Gasteiger partial charge is 0.224 e. The zero-order chi connectivity index (χ0) is 21.6. The quantitative estimate of drug-likeness (QED) is 0.363. The van der Waals surface area contributed by atoms with Crippen molar-refractivity contribution in [2.45, 2.75) is 25.7 Å². The van der Waals surface area contributed by atoms with Crippen LogP contribution in [0.5, 0.6) is 11.5 Å². The van der Waals surface area contributed by atoms with Crippen LogP contribution in [0.15, 0.2) is 73.8 Å². The van der Waals surface area contributed by atoms with Crippen molar-refractivity contribution in [3.05, 3.63) is 73.8 Å². The number of carbonyl (C=O) groups is 2. The summed E-state index contributed by atoms with van der Waals surface area (Å²) in [6, 6.07) is 14.3. The first-order chi connectivity index (χ1) is 14.6. The lowest BCUT2D eigenvalue weighted by Crippen LogP contribution is -2.13. The molecule has 0 radical (unpaired) electrons. The van der Waals surface area contributed by atoms with Crippen LogP contribution < -0.4 is 20.1 Å². The molecule has 158 valence electrons. The molecule has 2 rings (SSSR count). The van der Waals surface area contributed by atoms with Crippen molar-refractivity contribution in [1.82, 2.24) is 0 Å². The summed E-state index contributed by atoms with van der Waals surface area (Å²) in [5.41, 5.74) is 1.42. The highest BCUT2D eigenvalue weighted by Gasteiger charge is 2.06. The predicted octanol–water partition coefficient (Wildman–Crippen LogP) is 4.95. The highest BCUT2D eigenvalue weighted by Crippen LogP contribution is 2.17. The standard InChI is InChI=1S/C24H28N2O4/c1-3-17-29-21-13-9-19(10-14-21)25-23(27)7-5-6-8-24(28)26-20-11-15-22(16-12-20)30-18-4-2/h3-4,9-16H,1-2,5-8,17-18H2,(H,25,27)(H,26,28). The van der Waals surface area contributed by atoms with Crippen LogP contribution in [0.4, 0.5) is 11.4 Å². The second-order valence-corrected chi connectivity index (χ2v) is 6.55. The second kappa shape index (κ2) is 12.8. The lowest BCUT2D eigenvalue weighted by Gasteiger charge is -2.08. The highest BCUT2D eigenvalue weighted by atomic mass is 16.5. The van der Waals surface area contributed by atoms with Crippen molar-refractivity contribution < 1.29 is 19.1 Å². The maximum Gasteiger partial charge on any atom is 0.224 e. The van der Waals surface area contributed by atoms with Gasteiger partial charge in [-0.15, -0.1) is 0 Å². The maximum atomic E-state index is 12.0. The van der Waals surface area contributed by atoms with Gasteiger partial charge in [0.15, 0.2) is 0 Å². The molecule has 0 fully saturated rings. The van der Waals surface area contributed by atoms with Gasteiger partial charge in [0.05, 0.1) is 0 Å². The Bertz CT molecular complexity index is 758. The van der Waals surface area contributed by atoms with Crippen molar-refractivity contribution in [2.75, 3.05) is 23.8 Å². The van der Waals surface area contributed by atoms with Gasteiger partial charge in [0.1, 0.15) is 24.7 Å². The van der Waals surface area contributed by atoms with E-state index in [-0.39, 0.29) is 11.8 Å². The van der Waals surface area contributed by atoms with E-state index in [0.717, 1.165) is 11.5 Å². The van der Waals surface area contributed by atoms with Gasteiger partial charge >= 0.3 is 0 Å². The number of carbonyl (C=O) groups excluding carboxylic acids is 2. The molecule has 0 saturated carbocycles. The van der Waals surface area contributed by atoms with E-state index in [9.17, 15) is 9.59 Å². The van der Waals surface area contributed by atoms with E-state index in [2.05, 4.69) is 23.8 Å². The fraction of sp³-hybridized carbons (Fsp3) is 0.250. The molecule has 0 saturated heterocycles. The van der Waals surface area contributed by atoms with E-state index in [0.29, 0.717) is 50.3 Å². The first kappa shape index (κ1) is 22.7. The third kappa shape index (κ3) is 8.65. The van der Waals surface area contributed by atoms with Gasteiger partial charge in [-0.3, -0.25) is 9.59 Å². The third-order valence-corrected chi connectivity index (χ3v) is 4.07. The number of ether oxygens (including phenoxy) is 2. The number of hydrogen-bond acceptors (Lipinski definition) is 4. The van der Waals surface area contributed by atoms with Crippen molar-refractivity contribution in [1.29, 1.82) is 0 Å². The lowest BCUT2D eigenvalue weighted by molar-refractivity contribution is -0.118. The number of unbranched alkanes of at least 4 members (excludes halogenated alkanes) is 1. The van der Waals surface area contributed by atoms with Crippen LogP contribution in [0.25, 0.3) is 0 Å². The van der Waals surface area contributed by atoms with Crippen LogP contribution in [0.3, 0.4) is 0 Å². The Balaban J connectivity index is 1.62. The molecule has 0 bridgehead atoms. The summed E-state index contributed by atoms with van der Waals surface area (Å²) in [7, 11) is 0. The summed E-state index contributed by atoms with van der Waals surface area (Å²) in [5, 5.41) is 5.68. The number of hydrogen-bond donors (Lipinski definition) is 2. The van der Waals surface area contributed by atoms with Gasteiger partial charge in [-0.1, -0.05) is 25.3 Å². The summed E-state index contributed by atoms with van der Waals surface area (Å²) in [5.74, 6) is 1.28. The average Bonchev–Trinajstić information content (AvgIpc) is 2.76. The molecule has 2 amide bonds. The predicted molar refractivity (Wildman–Crippen MR) is 120 cm³/mol. The summed E-state index contributed by atoms with van der Waals surface area (Å²) in [4.78, 5) is 24.1. The van der Waals surface area contributed by atoms with E-state index in [1.165, 1.54) is 0 Å². The van der Waals surface area contributed by atoms with E-state index >= 15 is 0 Å². The Morgan fingerprint density at radius 3 is 1.40 bits per heavy atom. The first-order valence-electron chi connectivity index (χ1n) is 9.88. The molecule has 0 aliphatic rings. The monoisotopic (exact) mass is 408 g/mol. The maximum absolute atomic E-state index is 12.0. The van der Waals surface area contributed by atoms with Crippen molar-refractivity contribution in [2.24, 2.45) is 0 Å². The zero-order valence-electron chi connectivity index (χ0n) is 17.1. The Morgan fingerprint density at radius 1 is 0.700 bits per heavy atom. The van der Waals surface area contributed by atoms with E-state index in [1.807, 2.05) is 0 Å². The van der Waals surface area contributed by atoms with Gasteiger partial charge in [-0.25, -0.2) is 0 Å². The van der Waals surface area contributed by atoms with Gasteiger partial charge in [-0.2, -0.15) is 0 Å². The van der Waals surface area contributed by atoms with Gasteiger partial charge in [0.25, 0.3) is 0 Å². The SMILES string of the molecule is C=CCOc1ccc(NC(=O)CCCCC(=O)Nc2ccc(OCC=C)cc2)cc1. The number of nitrogens with one attached hydrogen (secondary N) is 2. The topological polar surface area (TPSA) is 76.7 Å². The average molecular weight is 408 g/mol. The number of benzene rings is 2. The molecule has 0 heterocycles. The van der Waals surface area contributed by atoms with Crippen LogP contribution in [0, 0.1) is 0 Å². The highest BCUT2D eigenvalue weighted by molar-refractivity contribution is 5.91. The van der Waals surface area contributed by atoms with E-state index in [1.54, 1.807) is 60.7 Å². The van der Waals surface area contributed by atoms with Gasteiger partial charge in [0, 0.05) is 24.2 Å². The Hall–Kier alpha value is -3.54. The third-order valence-electron chi connectivity index (χ3n) is 4.07. The lowest BCUT2D eigenvalue weighted by atomic mass is 10.1. The van der Waals surface area contributed by atoms with Crippen molar-refractivity contribution in [3.8, 4) is 11.5 Å². The molecule has 6 nitrogen and oxygen atoms in total. The number of anilines is 2. The zero-order valence-corrected chi connectivity index (χ0v) is 17.1. The minimum atomic E-state index is -0.0784. The van der Waals surface area contributed by atoms with E-state index in [4.69, 9.17) is 9.47 Å². The van der Waals surface area contributed by atoms with Gasteiger partial charge in [-0.05, 0) is 61.4 Å². The van der Waals surface area contributed by atoms with Crippen LogP contribution in [-0.4, -0.2) is 25.0 Å². The Morgan fingerprint density at radius 2 is 1.07 bits per heavy atom. The van der Waals surface area contributed by atoms with Crippen LogP contribution in [0.2, 0.25) is 0 Å².